The van der Waals surface area contributed by atoms with Crippen LogP contribution < -0.4 is 5.32 Å². The average Bonchev–Trinajstić information content (AvgIpc) is 2.60. The number of hydrogen-bond donors (Lipinski definition) is 1. The third kappa shape index (κ3) is 5.78. The van der Waals surface area contributed by atoms with Crippen molar-refractivity contribution in [3.8, 4) is 0 Å². The van der Waals surface area contributed by atoms with Crippen molar-refractivity contribution in [2.24, 2.45) is 17.3 Å². The molecule has 0 aromatic carbocycles. The number of rotatable bonds is 3. The second-order valence-electron chi connectivity index (χ2n) is 7.67. The molecule has 0 aromatic rings. The molecule has 3 nitrogen and oxygen atoms in total. The number of halogens is 1. The van der Waals surface area contributed by atoms with Crippen LogP contribution in [0.25, 0.3) is 0 Å². The zero-order chi connectivity index (χ0) is 14.6. The largest absolute Gasteiger partial charge is 0.343 e. The first-order valence-electron chi connectivity index (χ1n) is 8.46. The molecule has 2 aliphatic rings. The molecule has 2 rings (SSSR count). The van der Waals surface area contributed by atoms with E-state index in [1.54, 1.807) is 0 Å². The Labute approximate surface area is 136 Å². The molecule has 0 radical (unpaired) electrons. The molecule has 2 fully saturated rings. The van der Waals surface area contributed by atoms with E-state index in [-0.39, 0.29) is 12.4 Å². The van der Waals surface area contributed by atoms with Gasteiger partial charge in [-0.05, 0) is 62.4 Å². The van der Waals surface area contributed by atoms with Gasteiger partial charge in [0.1, 0.15) is 0 Å². The fourth-order valence-electron chi connectivity index (χ4n) is 3.66. The molecule has 0 spiro atoms. The third-order valence-electron chi connectivity index (χ3n) is 5.38. The maximum atomic E-state index is 12.5. The van der Waals surface area contributed by atoms with Crippen molar-refractivity contribution in [3.63, 3.8) is 0 Å². The summed E-state index contributed by atoms with van der Waals surface area (Å²) in [5.41, 5.74) is 0.412. The van der Waals surface area contributed by atoms with Gasteiger partial charge in [0.15, 0.2) is 0 Å². The number of nitrogens with zero attached hydrogens (tertiary/aromatic N) is 1. The summed E-state index contributed by atoms with van der Waals surface area (Å²) in [6, 6.07) is 0. The van der Waals surface area contributed by atoms with Gasteiger partial charge in [-0.1, -0.05) is 20.8 Å². The lowest BCUT2D eigenvalue weighted by Crippen LogP contribution is -2.36. The molecular weight excluding hydrogens is 284 g/mol. The van der Waals surface area contributed by atoms with Crippen LogP contribution in [0.2, 0.25) is 0 Å². The van der Waals surface area contributed by atoms with Crippen LogP contribution in [0.5, 0.6) is 0 Å². The van der Waals surface area contributed by atoms with E-state index >= 15 is 0 Å². The summed E-state index contributed by atoms with van der Waals surface area (Å²) in [7, 11) is 0. The third-order valence-corrected chi connectivity index (χ3v) is 5.38. The van der Waals surface area contributed by atoms with E-state index in [0.29, 0.717) is 17.2 Å². The minimum Gasteiger partial charge on any atom is -0.343 e. The lowest BCUT2D eigenvalue weighted by atomic mass is 9.84. The number of carbonyl (C=O) groups is 1. The Morgan fingerprint density at radius 2 is 1.90 bits per heavy atom. The molecule has 1 atom stereocenters. The standard InChI is InChI=1S/C17H32N2O.ClH/c1-14(15-5-9-18-10-6-15)13-16(20)19-11-4-7-17(2,3)8-12-19;/h14-15,18H,4-13H2,1-3H3;1H. The van der Waals surface area contributed by atoms with Crippen LogP contribution in [-0.4, -0.2) is 37.0 Å². The van der Waals surface area contributed by atoms with E-state index in [0.717, 1.165) is 44.9 Å². The fraction of sp³-hybridized carbons (Fsp3) is 0.941. The van der Waals surface area contributed by atoms with E-state index in [9.17, 15) is 4.79 Å². The molecule has 1 N–H and O–H groups in total. The highest BCUT2D eigenvalue weighted by molar-refractivity contribution is 5.85. The normalized spacial score (nSPS) is 24.8. The molecule has 0 bridgehead atoms. The highest BCUT2D eigenvalue weighted by Gasteiger charge is 2.28. The Kier molecular flexibility index (Phi) is 7.49. The molecule has 21 heavy (non-hydrogen) atoms. The topological polar surface area (TPSA) is 32.3 Å². The summed E-state index contributed by atoms with van der Waals surface area (Å²) >= 11 is 0. The highest BCUT2D eigenvalue weighted by atomic mass is 35.5. The Morgan fingerprint density at radius 1 is 1.24 bits per heavy atom. The zero-order valence-electron chi connectivity index (χ0n) is 14.0. The predicted octanol–water partition coefficient (Wildman–Crippen LogP) is 3.47. The summed E-state index contributed by atoms with van der Waals surface area (Å²) in [5, 5.41) is 3.41. The molecule has 0 aliphatic carbocycles. The maximum absolute atomic E-state index is 12.5. The van der Waals surface area contributed by atoms with Crippen molar-refractivity contribution in [2.45, 2.75) is 59.3 Å². The van der Waals surface area contributed by atoms with Gasteiger partial charge in [-0.15, -0.1) is 12.4 Å². The van der Waals surface area contributed by atoms with Gasteiger partial charge < -0.3 is 10.2 Å². The number of carbonyl (C=O) groups excluding carboxylic acids is 1. The van der Waals surface area contributed by atoms with Gasteiger partial charge in [-0.25, -0.2) is 0 Å². The second kappa shape index (κ2) is 8.38. The van der Waals surface area contributed by atoms with Crippen molar-refractivity contribution < 1.29 is 4.79 Å². The van der Waals surface area contributed by atoms with Crippen molar-refractivity contribution >= 4 is 18.3 Å². The van der Waals surface area contributed by atoms with E-state index in [1.165, 1.54) is 25.7 Å². The van der Waals surface area contributed by atoms with Gasteiger partial charge in [0.25, 0.3) is 0 Å². The number of piperidine rings is 1. The first kappa shape index (κ1) is 18.8. The SMILES string of the molecule is CC(CC(=O)N1CCCC(C)(C)CC1)C1CCNCC1.Cl. The van der Waals surface area contributed by atoms with Gasteiger partial charge in [-0.3, -0.25) is 4.79 Å². The number of nitrogens with one attached hydrogen (secondary N) is 1. The van der Waals surface area contributed by atoms with E-state index in [2.05, 4.69) is 31.0 Å². The molecule has 2 aliphatic heterocycles. The summed E-state index contributed by atoms with van der Waals surface area (Å²) in [4.78, 5) is 14.7. The Morgan fingerprint density at radius 3 is 2.57 bits per heavy atom. The average molecular weight is 317 g/mol. The van der Waals surface area contributed by atoms with Gasteiger partial charge >= 0.3 is 0 Å². The Bertz CT molecular complexity index is 327. The first-order valence-corrected chi connectivity index (χ1v) is 8.46. The van der Waals surface area contributed by atoms with Crippen LogP contribution in [0, 0.1) is 17.3 Å². The number of likely N-dealkylation sites (tertiary alicyclic amines) is 1. The molecule has 2 saturated heterocycles. The molecule has 1 amide bonds. The van der Waals surface area contributed by atoms with Crippen LogP contribution >= 0.6 is 12.4 Å². The summed E-state index contributed by atoms with van der Waals surface area (Å²) in [5.74, 6) is 1.68. The first-order chi connectivity index (χ1) is 9.48. The van der Waals surface area contributed by atoms with Crippen LogP contribution in [0.1, 0.15) is 59.3 Å². The van der Waals surface area contributed by atoms with Gasteiger partial charge in [0.05, 0.1) is 0 Å². The fourth-order valence-corrected chi connectivity index (χ4v) is 3.66. The number of hydrogen-bond acceptors (Lipinski definition) is 2. The minimum absolute atomic E-state index is 0. The minimum atomic E-state index is 0. The summed E-state index contributed by atoms with van der Waals surface area (Å²) in [6.45, 7) is 11.1. The highest BCUT2D eigenvalue weighted by Crippen LogP contribution is 2.31. The molecule has 0 aromatic heterocycles. The zero-order valence-corrected chi connectivity index (χ0v) is 14.8. The molecule has 1 unspecified atom stereocenters. The van der Waals surface area contributed by atoms with Gasteiger partial charge in [-0.2, -0.15) is 0 Å². The number of amides is 1. The van der Waals surface area contributed by atoms with Crippen LogP contribution in [0.4, 0.5) is 0 Å². The van der Waals surface area contributed by atoms with E-state index in [1.807, 2.05) is 0 Å². The van der Waals surface area contributed by atoms with Gasteiger partial charge in [0, 0.05) is 19.5 Å². The lowest BCUT2D eigenvalue weighted by Gasteiger charge is -2.30. The summed E-state index contributed by atoms with van der Waals surface area (Å²) in [6.07, 6.45) is 6.80. The maximum Gasteiger partial charge on any atom is 0.222 e. The molecule has 4 heteroatoms. The Hall–Kier alpha value is -0.280. The van der Waals surface area contributed by atoms with Crippen molar-refractivity contribution in [2.75, 3.05) is 26.2 Å². The quantitative estimate of drug-likeness (QED) is 0.864. The smallest absolute Gasteiger partial charge is 0.222 e. The van der Waals surface area contributed by atoms with Crippen molar-refractivity contribution in [1.29, 1.82) is 0 Å². The summed E-state index contributed by atoms with van der Waals surface area (Å²) < 4.78 is 0. The van der Waals surface area contributed by atoms with Crippen LogP contribution in [0.3, 0.4) is 0 Å². The van der Waals surface area contributed by atoms with Gasteiger partial charge in [0.2, 0.25) is 5.91 Å². The van der Waals surface area contributed by atoms with E-state index in [4.69, 9.17) is 0 Å². The van der Waals surface area contributed by atoms with Crippen molar-refractivity contribution in [3.05, 3.63) is 0 Å². The lowest BCUT2D eigenvalue weighted by molar-refractivity contribution is -0.132. The molecule has 2 heterocycles. The Balaban J connectivity index is 0.00000220. The molecule has 124 valence electrons. The van der Waals surface area contributed by atoms with Crippen LogP contribution in [-0.2, 0) is 4.79 Å². The monoisotopic (exact) mass is 316 g/mol. The van der Waals surface area contributed by atoms with Crippen molar-refractivity contribution in [1.82, 2.24) is 10.2 Å². The predicted molar refractivity (Wildman–Crippen MR) is 90.8 cm³/mol. The molecular formula is C17H33ClN2O. The van der Waals surface area contributed by atoms with Crippen LogP contribution in [0.15, 0.2) is 0 Å². The molecule has 0 saturated carbocycles. The van der Waals surface area contributed by atoms with E-state index < -0.39 is 0 Å². The second-order valence-corrected chi connectivity index (χ2v) is 7.67.